The van der Waals surface area contributed by atoms with Crippen LogP contribution in [0.5, 0.6) is 5.75 Å². The van der Waals surface area contributed by atoms with Gasteiger partial charge in [-0.1, -0.05) is 30.3 Å². The van der Waals surface area contributed by atoms with Gasteiger partial charge in [0.1, 0.15) is 24.1 Å². The number of carbonyl (C=O) groups is 4. The normalized spacial score (nSPS) is 13.1. The molecule has 12 heteroatoms. The lowest BCUT2D eigenvalue weighted by Crippen LogP contribution is -2.55. The zero-order chi connectivity index (χ0) is 25.8. The van der Waals surface area contributed by atoms with E-state index in [1.165, 1.54) is 6.92 Å². The number of aliphatic imine (C=N–C) groups is 1. The van der Waals surface area contributed by atoms with Crippen molar-refractivity contribution in [3.63, 3.8) is 0 Å². The average molecular weight is 487 g/mol. The molecular weight excluding hydrogens is 456 g/mol. The SMILES string of the molecule is C[C@H](NC(=O)C(CO)NC(=O)Oc1ccc2ccccc2c1)C(=O)NC(C=O)CCCN=C(N)N. The Hall–Kier alpha value is -4.19. The number of nitrogens with one attached hydrogen (secondary N) is 3. The predicted molar refractivity (Wildman–Crippen MR) is 129 cm³/mol. The summed E-state index contributed by atoms with van der Waals surface area (Å²) in [5.41, 5.74) is 10.5. The molecule has 0 radical (unpaired) electrons. The number of aliphatic hydroxyl groups is 1. The summed E-state index contributed by atoms with van der Waals surface area (Å²) in [5, 5.41) is 18.5. The minimum Gasteiger partial charge on any atom is -0.410 e. The lowest BCUT2D eigenvalue weighted by atomic mass is 10.1. The maximum absolute atomic E-state index is 12.5. The molecule has 0 saturated heterocycles. The Morgan fingerprint density at radius 2 is 1.77 bits per heavy atom. The van der Waals surface area contributed by atoms with E-state index >= 15 is 0 Å². The third kappa shape index (κ3) is 8.93. The summed E-state index contributed by atoms with van der Waals surface area (Å²) in [6, 6.07) is 9.34. The van der Waals surface area contributed by atoms with Crippen LogP contribution in [-0.4, -0.2) is 66.5 Å². The maximum Gasteiger partial charge on any atom is 0.413 e. The Balaban J connectivity index is 1.85. The highest BCUT2D eigenvalue weighted by Crippen LogP contribution is 2.20. The zero-order valence-corrected chi connectivity index (χ0v) is 19.3. The molecule has 0 aromatic heterocycles. The molecule has 0 aliphatic heterocycles. The van der Waals surface area contributed by atoms with Crippen molar-refractivity contribution in [2.45, 2.75) is 37.9 Å². The van der Waals surface area contributed by atoms with Crippen LogP contribution >= 0.6 is 0 Å². The van der Waals surface area contributed by atoms with Crippen molar-refractivity contribution in [2.24, 2.45) is 16.5 Å². The number of aldehydes is 1. The van der Waals surface area contributed by atoms with Gasteiger partial charge >= 0.3 is 6.09 Å². The predicted octanol–water partition coefficient (Wildman–Crippen LogP) is -0.469. The number of nitrogens with two attached hydrogens (primary N) is 2. The molecule has 0 aliphatic carbocycles. The number of guanidine groups is 1. The van der Waals surface area contributed by atoms with Crippen LogP contribution in [0.2, 0.25) is 0 Å². The van der Waals surface area contributed by atoms with Crippen LogP contribution in [0.4, 0.5) is 4.79 Å². The van der Waals surface area contributed by atoms with Gasteiger partial charge in [0, 0.05) is 6.54 Å². The quantitative estimate of drug-likeness (QED) is 0.100. The van der Waals surface area contributed by atoms with Crippen LogP contribution in [0.3, 0.4) is 0 Å². The van der Waals surface area contributed by atoms with Crippen molar-refractivity contribution in [2.75, 3.05) is 13.2 Å². The van der Waals surface area contributed by atoms with Crippen LogP contribution in [0.15, 0.2) is 47.5 Å². The van der Waals surface area contributed by atoms with Gasteiger partial charge in [0.2, 0.25) is 11.8 Å². The summed E-state index contributed by atoms with van der Waals surface area (Å²) in [5.74, 6) is -1.24. The highest BCUT2D eigenvalue weighted by molar-refractivity contribution is 5.92. The number of fused-ring (bicyclic) bond motifs is 1. The van der Waals surface area contributed by atoms with E-state index in [1.807, 2.05) is 24.3 Å². The van der Waals surface area contributed by atoms with Crippen LogP contribution in [-0.2, 0) is 14.4 Å². The number of hydrogen-bond acceptors (Lipinski definition) is 7. The fourth-order valence-electron chi connectivity index (χ4n) is 3.08. The third-order valence-electron chi connectivity index (χ3n) is 4.93. The molecule has 12 nitrogen and oxygen atoms in total. The van der Waals surface area contributed by atoms with Gasteiger partial charge in [-0.25, -0.2) is 4.79 Å². The highest BCUT2D eigenvalue weighted by atomic mass is 16.6. The molecule has 3 amide bonds. The zero-order valence-electron chi connectivity index (χ0n) is 19.3. The summed E-state index contributed by atoms with van der Waals surface area (Å²) in [7, 11) is 0. The van der Waals surface area contributed by atoms with E-state index in [1.54, 1.807) is 18.2 Å². The van der Waals surface area contributed by atoms with E-state index in [0.29, 0.717) is 25.7 Å². The summed E-state index contributed by atoms with van der Waals surface area (Å²) in [6.45, 7) is 0.971. The van der Waals surface area contributed by atoms with Gasteiger partial charge in [-0.2, -0.15) is 0 Å². The van der Waals surface area contributed by atoms with Gasteiger partial charge in [0.15, 0.2) is 5.96 Å². The molecule has 0 aliphatic rings. The first kappa shape index (κ1) is 27.1. The Morgan fingerprint density at radius 1 is 1.06 bits per heavy atom. The first-order valence-electron chi connectivity index (χ1n) is 10.9. The van der Waals surface area contributed by atoms with Gasteiger partial charge in [-0.3, -0.25) is 14.6 Å². The summed E-state index contributed by atoms with van der Waals surface area (Å²) < 4.78 is 5.20. The second-order valence-electron chi connectivity index (χ2n) is 7.71. The van der Waals surface area contributed by atoms with Gasteiger partial charge in [0.05, 0.1) is 12.6 Å². The van der Waals surface area contributed by atoms with Gasteiger partial charge in [0.25, 0.3) is 0 Å². The van der Waals surface area contributed by atoms with Crippen LogP contribution in [0.25, 0.3) is 10.8 Å². The number of ether oxygens (including phenoxy) is 1. The Labute approximate surface area is 202 Å². The van der Waals surface area contributed by atoms with Crippen LogP contribution < -0.4 is 32.2 Å². The molecule has 2 unspecified atom stereocenters. The first-order chi connectivity index (χ1) is 16.7. The largest absolute Gasteiger partial charge is 0.413 e. The molecule has 8 N–H and O–H groups in total. The fraction of sp³-hybridized carbons (Fsp3) is 0.348. The van der Waals surface area contributed by atoms with Gasteiger partial charge in [-0.15, -0.1) is 0 Å². The van der Waals surface area contributed by atoms with Crippen molar-refractivity contribution in [1.82, 2.24) is 16.0 Å². The van der Waals surface area contributed by atoms with E-state index < -0.39 is 42.6 Å². The van der Waals surface area contributed by atoms with Gasteiger partial charge < -0.3 is 42.1 Å². The molecule has 2 rings (SSSR count). The number of rotatable bonds is 12. The monoisotopic (exact) mass is 486 g/mol. The summed E-state index contributed by atoms with van der Waals surface area (Å²) in [6.07, 6.45) is 0.378. The minimum atomic E-state index is -1.36. The molecule has 188 valence electrons. The molecule has 3 atom stereocenters. The first-order valence-corrected chi connectivity index (χ1v) is 10.9. The lowest BCUT2D eigenvalue weighted by molar-refractivity contribution is -0.131. The fourth-order valence-corrected chi connectivity index (χ4v) is 3.08. The smallest absolute Gasteiger partial charge is 0.410 e. The summed E-state index contributed by atoms with van der Waals surface area (Å²) >= 11 is 0. The highest BCUT2D eigenvalue weighted by Gasteiger charge is 2.25. The molecule has 2 aromatic rings. The lowest BCUT2D eigenvalue weighted by Gasteiger charge is -2.21. The van der Waals surface area contributed by atoms with E-state index in [9.17, 15) is 24.3 Å². The molecule has 0 bridgehead atoms. The molecule has 0 heterocycles. The second kappa shape index (κ2) is 13.5. The topological polar surface area (TPSA) is 198 Å². The average Bonchev–Trinajstić information content (AvgIpc) is 2.83. The minimum absolute atomic E-state index is 0.0683. The van der Waals surface area contributed by atoms with E-state index in [-0.39, 0.29) is 11.7 Å². The molecule has 0 saturated carbocycles. The third-order valence-corrected chi connectivity index (χ3v) is 4.93. The van der Waals surface area contributed by atoms with Crippen molar-refractivity contribution < 1.29 is 29.0 Å². The van der Waals surface area contributed by atoms with Crippen molar-refractivity contribution in [1.29, 1.82) is 0 Å². The number of nitrogens with zero attached hydrogens (tertiary/aromatic N) is 1. The number of carbonyl (C=O) groups excluding carboxylic acids is 4. The standard InChI is InChI=1S/C23H30N6O6/c1-14(20(32)28-17(12-30)7-4-10-26-22(24)25)27-21(33)19(13-31)29-23(34)35-18-9-8-15-5-2-3-6-16(15)11-18/h2-3,5-6,8-9,11-12,14,17,19,31H,4,7,10,13H2,1H3,(H,27,33)(H,28,32)(H,29,34)(H4,24,25,26)/t14-,17?,19?/m0/s1. The molecule has 0 fully saturated rings. The van der Waals surface area contributed by atoms with Crippen molar-refractivity contribution in [3.05, 3.63) is 42.5 Å². The van der Waals surface area contributed by atoms with E-state index in [0.717, 1.165) is 10.8 Å². The van der Waals surface area contributed by atoms with E-state index in [2.05, 4.69) is 20.9 Å². The Bertz CT molecular complexity index is 1070. The van der Waals surface area contributed by atoms with Crippen LogP contribution in [0.1, 0.15) is 19.8 Å². The van der Waals surface area contributed by atoms with Crippen LogP contribution in [0, 0.1) is 0 Å². The number of hydrogen-bond donors (Lipinski definition) is 6. The maximum atomic E-state index is 12.5. The van der Waals surface area contributed by atoms with Crippen molar-refractivity contribution >= 4 is 40.9 Å². The van der Waals surface area contributed by atoms with Gasteiger partial charge in [-0.05, 0) is 42.7 Å². The van der Waals surface area contributed by atoms with Crippen molar-refractivity contribution in [3.8, 4) is 5.75 Å². The number of aliphatic hydroxyl groups excluding tert-OH is 1. The van der Waals surface area contributed by atoms with E-state index in [4.69, 9.17) is 16.2 Å². The molecular formula is C23H30N6O6. The Morgan fingerprint density at radius 3 is 2.43 bits per heavy atom. The molecule has 0 spiro atoms. The molecule has 2 aromatic carbocycles. The molecule has 35 heavy (non-hydrogen) atoms. The number of benzene rings is 2. The summed E-state index contributed by atoms with van der Waals surface area (Å²) in [4.78, 5) is 52.0. The Kier molecular flexibility index (Phi) is 10.4. The number of amides is 3. The second-order valence-corrected chi connectivity index (χ2v) is 7.71.